The number of hydrogen-bond acceptors (Lipinski definition) is 2. The van der Waals surface area contributed by atoms with Gasteiger partial charge in [-0.1, -0.05) is 30.3 Å². The van der Waals surface area contributed by atoms with Crippen molar-refractivity contribution in [3.63, 3.8) is 0 Å². The van der Waals surface area contributed by atoms with Crippen LogP contribution in [0, 0.1) is 6.92 Å². The summed E-state index contributed by atoms with van der Waals surface area (Å²) in [4.78, 5) is 4.24. The number of rotatable bonds is 1. The Morgan fingerprint density at radius 2 is 1.72 bits per heavy atom. The minimum absolute atomic E-state index is 0.789. The van der Waals surface area contributed by atoms with Gasteiger partial charge in [0.2, 0.25) is 0 Å². The van der Waals surface area contributed by atoms with Crippen LogP contribution in [-0.2, 0) is 0 Å². The maximum Gasteiger partial charge on any atom is 0.0346 e. The molecule has 18 heavy (non-hydrogen) atoms. The molecule has 3 rings (SSSR count). The van der Waals surface area contributed by atoms with Gasteiger partial charge >= 0.3 is 0 Å². The molecule has 88 valence electrons. The third-order valence-corrected chi connectivity index (χ3v) is 3.19. The quantitative estimate of drug-likeness (QED) is 0.650. The van der Waals surface area contributed by atoms with Crippen molar-refractivity contribution in [2.75, 3.05) is 5.73 Å². The van der Waals surface area contributed by atoms with Crippen LogP contribution in [0.4, 0.5) is 5.69 Å². The molecule has 0 fully saturated rings. The summed E-state index contributed by atoms with van der Waals surface area (Å²) in [6.07, 6.45) is 3.81. The number of aryl methyl sites for hydroxylation is 1. The van der Waals surface area contributed by atoms with Gasteiger partial charge < -0.3 is 5.73 Å². The highest BCUT2D eigenvalue weighted by Gasteiger charge is 2.05. The van der Waals surface area contributed by atoms with Gasteiger partial charge in [0.05, 0.1) is 0 Å². The van der Waals surface area contributed by atoms with Crippen molar-refractivity contribution in [1.29, 1.82) is 0 Å². The third kappa shape index (κ3) is 1.72. The predicted octanol–water partition coefficient (Wildman–Crippen LogP) is 3.79. The molecular weight excluding hydrogens is 220 g/mol. The second-order valence-electron chi connectivity index (χ2n) is 4.48. The van der Waals surface area contributed by atoms with E-state index >= 15 is 0 Å². The average molecular weight is 234 g/mol. The highest BCUT2D eigenvalue weighted by Crippen LogP contribution is 2.30. The number of aromatic nitrogens is 1. The lowest BCUT2D eigenvalue weighted by molar-refractivity contribution is 1.31. The smallest absolute Gasteiger partial charge is 0.0346 e. The number of nitrogens with two attached hydrogens (primary N) is 1. The molecule has 0 saturated carbocycles. The number of fused-ring (bicyclic) bond motifs is 1. The van der Waals surface area contributed by atoms with E-state index in [2.05, 4.69) is 42.2 Å². The maximum atomic E-state index is 5.74. The van der Waals surface area contributed by atoms with E-state index in [9.17, 15) is 0 Å². The maximum absolute atomic E-state index is 5.74. The van der Waals surface area contributed by atoms with Crippen LogP contribution in [-0.4, -0.2) is 4.98 Å². The highest BCUT2D eigenvalue weighted by atomic mass is 14.6. The Morgan fingerprint density at radius 1 is 0.944 bits per heavy atom. The largest absolute Gasteiger partial charge is 0.399 e. The zero-order chi connectivity index (χ0) is 12.5. The molecule has 1 aromatic heterocycles. The van der Waals surface area contributed by atoms with Gasteiger partial charge in [-0.2, -0.15) is 0 Å². The van der Waals surface area contributed by atoms with E-state index in [-0.39, 0.29) is 0 Å². The minimum atomic E-state index is 0.789. The van der Waals surface area contributed by atoms with Crippen LogP contribution < -0.4 is 5.73 Å². The van der Waals surface area contributed by atoms with Gasteiger partial charge in [-0.25, -0.2) is 0 Å². The first kappa shape index (κ1) is 10.8. The number of hydrogen-bond donors (Lipinski definition) is 1. The molecule has 0 aliphatic rings. The molecule has 0 unspecified atom stereocenters. The van der Waals surface area contributed by atoms with Crippen LogP contribution in [0.1, 0.15) is 5.56 Å². The Bertz CT molecular complexity index is 695. The fourth-order valence-corrected chi connectivity index (χ4v) is 2.32. The summed E-state index contributed by atoms with van der Waals surface area (Å²) in [5.41, 5.74) is 10.1. The number of nitrogens with zero attached hydrogens (tertiary/aromatic N) is 1. The van der Waals surface area contributed by atoms with Gasteiger partial charge in [-0.3, -0.25) is 4.98 Å². The predicted molar refractivity (Wildman–Crippen MR) is 76.3 cm³/mol. The lowest BCUT2D eigenvalue weighted by Gasteiger charge is -2.09. The SMILES string of the molecule is Cc1cncc2cccc(-c3ccc(N)cc3)c12. The van der Waals surface area contributed by atoms with Crippen LogP contribution in [0.2, 0.25) is 0 Å². The number of anilines is 1. The molecule has 3 aromatic rings. The first-order valence-electron chi connectivity index (χ1n) is 5.95. The van der Waals surface area contributed by atoms with Crippen molar-refractivity contribution in [2.45, 2.75) is 6.92 Å². The van der Waals surface area contributed by atoms with E-state index in [4.69, 9.17) is 5.73 Å². The van der Waals surface area contributed by atoms with Crippen LogP contribution in [0.15, 0.2) is 54.9 Å². The third-order valence-electron chi connectivity index (χ3n) is 3.19. The van der Waals surface area contributed by atoms with Crippen molar-refractivity contribution >= 4 is 16.5 Å². The standard InChI is InChI=1S/C16H14N2/c1-11-9-18-10-13-3-2-4-15(16(11)13)12-5-7-14(17)8-6-12/h2-10H,17H2,1H3. The van der Waals surface area contributed by atoms with Gasteiger partial charge in [0.15, 0.2) is 0 Å². The van der Waals surface area contributed by atoms with Crippen molar-refractivity contribution in [1.82, 2.24) is 4.98 Å². The minimum Gasteiger partial charge on any atom is -0.399 e. The van der Waals surface area contributed by atoms with E-state index in [0.29, 0.717) is 0 Å². The zero-order valence-corrected chi connectivity index (χ0v) is 10.2. The topological polar surface area (TPSA) is 38.9 Å². The van der Waals surface area contributed by atoms with Crippen molar-refractivity contribution in [2.24, 2.45) is 0 Å². The summed E-state index contributed by atoms with van der Waals surface area (Å²) in [7, 11) is 0. The lowest BCUT2D eigenvalue weighted by Crippen LogP contribution is -1.88. The van der Waals surface area contributed by atoms with Gasteiger partial charge in [0, 0.05) is 23.5 Å². The molecule has 0 aliphatic carbocycles. The molecule has 2 aromatic carbocycles. The van der Waals surface area contributed by atoms with Crippen LogP contribution in [0.25, 0.3) is 21.9 Å². The van der Waals surface area contributed by atoms with Crippen LogP contribution in [0.3, 0.4) is 0 Å². The molecule has 2 N–H and O–H groups in total. The van der Waals surface area contributed by atoms with Crippen molar-refractivity contribution < 1.29 is 0 Å². The van der Waals surface area contributed by atoms with Gasteiger partial charge in [0.25, 0.3) is 0 Å². The van der Waals surface area contributed by atoms with E-state index in [0.717, 1.165) is 5.69 Å². The Morgan fingerprint density at radius 3 is 2.50 bits per heavy atom. The molecular formula is C16H14N2. The normalized spacial score (nSPS) is 10.7. The van der Waals surface area contributed by atoms with Gasteiger partial charge in [0.1, 0.15) is 0 Å². The van der Waals surface area contributed by atoms with E-state index in [1.54, 1.807) is 0 Å². The number of pyridine rings is 1. The summed E-state index contributed by atoms with van der Waals surface area (Å²) < 4.78 is 0. The Balaban J connectivity index is 2.32. The Kier molecular flexibility index (Phi) is 2.49. The number of nitrogen functional groups attached to an aromatic ring is 1. The zero-order valence-electron chi connectivity index (χ0n) is 10.2. The molecule has 0 atom stereocenters. The summed E-state index contributed by atoms with van der Waals surface area (Å²) in [6.45, 7) is 2.09. The molecule has 0 spiro atoms. The first-order chi connectivity index (χ1) is 8.75. The fourth-order valence-electron chi connectivity index (χ4n) is 2.32. The summed E-state index contributed by atoms with van der Waals surface area (Å²) in [5, 5.41) is 2.43. The molecule has 0 radical (unpaired) electrons. The first-order valence-corrected chi connectivity index (χ1v) is 5.95. The summed E-state index contributed by atoms with van der Waals surface area (Å²) >= 11 is 0. The van der Waals surface area contributed by atoms with E-state index in [1.165, 1.54) is 27.5 Å². The summed E-state index contributed by atoms with van der Waals surface area (Å²) in [6, 6.07) is 14.3. The van der Waals surface area contributed by atoms with Crippen molar-refractivity contribution in [3.05, 3.63) is 60.4 Å². The highest BCUT2D eigenvalue weighted by molar-refractivity contribution is 5.98. The monoisotopic (exact) mass is 234 g/mol. The Hall–Kier alpha value is -2.35. The molecule has 1 heterocycles. The Labute approximate surface area is 106 Å². The number of benzene rings is 2. The van der Waals surface area contributed by atoms with E-state index in [1.807, 2.05) is 24.5 Å². The molecule has 0 amide bonds. The molecule has 2 heteroatoms. The average Bonchev–Trinajstić information content (AvgIpc) is 2.39. The summed E-state index contributed by atoms with van der Waals surface area (Å²) in [5.74, 6) is 0. The fraction of sp³-hybridized carbons (Fsp3) is 0.0625. The van der Waals surface area contributed by atoms with E-state index < -0.39 is 0 Å². The van der Waals surface area contributed by atoms with Crippen LogP contribution in [0.5, 0.6) is 0 Å². The van der Waals surface area contributed by atoms with Gasteiger partial charge in [-0.05, 0) is 41.1 Å². The lowest BCUT2D eigenvalue weighted by atomic mass is 9.97. The molecule has 0 aliphatic heterocycles. The second-order valence-corrected chi connectivity index (χ2v) is 4.48. The van der Waals surface area contributed by atoms with Crippen LogP contribution >= 0.6 is 0 Å². The molecule has 0 bridgehead atoms. The van der Waals surface area contributed by atoms with Crippen molar-refractivity contribution in [3.8, 4) is 11.1 Å². The molecule has 0 saturated heterocycles. The second kappa shape index (κ2) is 4.15. The molecule has 2 nitrogen and oxygen atoms in total. The van der Waals surface area contributed by atoms with Gasteiger partial charge in [-0.15, -0.1) is 0 Å².